The monoisotopic (exact) mass is 248 g/mol. The van der Waals surface area contributed by atoms with E-state index >= 15 is 0 Å². The minimum Gasteiger partial charge on any atom is -0.329 e. The van der Waals surface area contributed by atoms with Gasteiger partial charge in [-0.2, -0.15) is 0 Å². The highest BCUT2D eigenvalue weighted by Crippen LogP contribution is 2.22. The van der Waals surface area contributed by atoms with Crippen molar-refractivity contribution in [3.8, 4) is 0 Å². The van der Waals surface area contributed by atoms with Crippen molar-refractivity contribution in [2.45, 2.75) is 25.4 Å². The number of hydrogen-bond donors (Lipinski definition) is 1. The maximum absolute atomic E-state index is 5.99. The highest BCUT2D eigenvalue weighted by atomic mass is 15.3. The first-order valence-electron chi connectivity index (χ1n) is 6.77. The fraction of sp³-hybridized carbons (Fsp3) is 0.643. The topological polar surface area (TPSA) is 45.4 Å². The molecule has 2 heterocycles. The summed E-state index contributed by atoms with van der Waals surface area (Å²) < 4.78 is 0. The summed E-state index contributed by atoms with van der Waals surface area (Å²) in [5.41, 5.74) is 7.08. The lowest BCUT2D eigenvalue weighted by Crippen LogP contribution is -2.43. The zero-order valence-electron chi connectivity index (χ0n) is 11.4. The van der Waals surface area contributed by atoms with E-state index in [0.717, 1.165) is 18.8 Å². The molecule has 1 aliphatic heterocycles. The molecule has 1 saturated heterocycles. The zero-order valence-corrected chi connectivity index (χ0v) is 11.4. The normalized spacial score (nSPS) is 24.7. The van der Waals surface area contributed by atoms with Gasteiger partial charge in [0.15, 0.2) is 0 Å². The maximum atomic E-state index is 5.99. The lowest BCUT2D eigenvalue weighted by atomic mass is 10.1. The molecule has 4 heteroatoms. The van der Waals surface area contributed by atoms with Crippen LogP contribution in [0.2, 0.25) is 0 Å². The number of hydrogen-bond acceptors (Lipinski definition) is 4. The summed E-state index contributed by atoms with van der Waals surface area (Å²) in [5.74, 6) is 0. The molecule has 0 amide bonds. The average Bonchev–Trinajstić information content (AvgIpc) is 2.54. The van der Waals surface area contributed by atoms with E-state index in [-0.39, 0.29) is 6.04 Å². The molecule has 2 atom stereocenters. The molecule has 0 aliphatic carbocycles. The molecule has 1 fully saturated rings. The van der Waals surface area contributed by atoms with E-state index in [1.807, 2.05) is 18.3 Å². The largest absolute Gasteiger partial charge is 0.329 e. The Balaban J connectivity index is 2.16. The number of nitrogens with zero attached hydrogens (tertiary/aromatic N) is 3. The van der Waals surface area contributed by atoms with Gasteiger partial charge in [0.1, 0.15) is 0 Å². The molecule has 2 rings (SSSR count). The Kier molecular flexibility index (Phi) is 4.69. The Hall–Kier alpha value is -0.970. The van der Waals surface area contributed by atoms with E-state index in [4.69, 9.17) is 5.73 Å². The van der Waals surface area contributed by atoms with E-state index in [1.165, 1.54) is 13.0 Å². The maximum Gasteiger partial charge on any atom is 0.0647 e. The van der Waals surface area contributed by atoms with Gasteiger partial charge in [-0.25, -0.2) is 0 Å². The first-order chi connectivity index (χ1) is 8.72. The zero-order chi connectivity index (χ0) is 13.0. The van der Waals surface area contributed by atoms with Crippen LogP contribution in [0.15, 0.2) is 24.4 Å². The molecule has 0 bridgehead atoms. The summed E-state index contributed by atoms with van der Waals surface area (Å²) in [5, 5.41) is 0. The third-order valence-electron chi connectivity index (χ3n) is 3.75. The number of aromatic nitrogens is 1. The molecular weight excluding hydrogens is 224 g/mol. The van der Waals surface area contributed by atoms with Crippen LogP contribution in [0.1, 0.15) is 25.1 Å². The van der Waals surface area contributed by atoms with Gasteiger partial charge in [-0.05, 0) is 39.1 Å². The van der Waals surface area contributed by atoms with Gasteiger partial charge in [0.2, 0.25) is 0 Å². The lowest BCUT2D eigenvalue weighted by Gasteiger charge is -2.34. The van der Waals surface area contributed by atoms with E-state index in [1.54, 1.807) is 0 Å². The molecule has 2 unspecified atom stereocenters. The highest BCUT2D eigenvalue weighted by Gasteiger charge is 2.27. The van der Waals surface area contributed by atoms with Crippen LogP contribution in [0.25, 0.3) is 0 Å². The van der Waals surface area contributed by atoms with Gasteiger partial charge >= 0.3 is 0 Å². The number of likely N-dealkylation sites (N-methyl/N-ethyl adjacent to an activating group) is 1. The van der Waals surface area contributed by atoms with Crippen LogP contribution >= 0.6 is 0 Å². The van der Waals surface area contributed by atoms with Crippen molar-refractivity contribution >= 4 is 0 Å². The van der Waals surface area contributed by atoms with Crippen molar-refractivity contribution in [3.63, 3.8) is 0 Å². The number of pyridine rings is 1. The third kappa shape index (κ3) is 3.07. The average molecular weight is 248 g/mol. The Morgan fingerprint density at radius 1 is 1.44 bits per heavy atom. The number of nitrogens with two attached hydrogens (primary N) is 1. The van der Waals surface area contributed by atoms with Gasteiger partial charge in [-0.15, -0.1) is 0 Å². The molecule has 0 radical (unpaired) electrons. The molecule has 4 nitrogen and oxygen atoms in total. The Bertz CT molecular complexity index is 354. The lowest BCUT2D eigenvalue weighted by molar-refractivity contribution is 0.143. The second kappa shape index (κ2) is 6.27. The summed E-state index contributed by atoms with van der Waals surface area (Å²) in [6.07, 6.45) is 3.05. The van der Waals surface area contributed by atoms with E-state index in [9.17, 15) is 0 Å². The minimum absolute atomic E-state index is 0.243. The SMILES string of the molecule is CC1CN(C)CCCN1C(CN)c1ccccn1. The fourth-order valence-corrected chi connectivity index (χ4v) is 2.85. The summed E-state index contributed by atoms with van der Waals surface area (Å²) in [7, 11) is 2.19. The van der Waals surface area contributed by atoms with Gasteiger partial charge in [-0.3, -0.25) is 9.88 Å². The van der Waals surface area contributed by atoms with Crippen molar-refractivity contribution in [3.05, 3.63) is 30.1 Å². The molecule has 1 aliphatic rings. The van der Waals surface area contributed by atoms with Crippen molar-refractivity contribution in [2.24, 2.45) is 5.73 Å². The van der Waals surface area contributed by atoms with Gasteiger partial charge in [0.05, 0.1) is 11.7 Å². The summed E-state index contributed by atoms with van der Waals surface area (Å²) in [6, 6.07) is 6.84. The smallest absolute Gasteiger partial charge is 0.0647 e. The van der Waals surface area contributed by atoms with E-state index in [2.05, 4.69) is 34.8 Å². The standard InChI is InChI=1S/C14H24N4/c1-12-11-17(2)8-5-9-18(12)14(10-15)13-6-3-4-7-16-13/h3-4,6-7,12,14H,5,8-11,15H2,1-2H3. The van der Waals surface area contributed by atoms with Crippen LogP contribution in [-0.4, -0.2) is 54.1 Å². The molecule has 2 N–H and O–H groups in total. The quantitative estimate of drug-likeness (QED) is 0.870. The molecule has 0 spiro atoms. The first-order valence-corrected chi connectivity index (χ1v) is 6.77. The molecule has 100 valence electrons. The highest BCUT2D eigenvalue weighted by molar-refractivity contribution is 5.10. The molecule has 1 aromatic heterocycles. The van der Waals surface area contributed by atoms with Crippen LogP contribution in [0.5, 0.6) is 0 Å². The van der Waals surface area contributed by atoms with Crippen LogP contribution in [0, 0.1) is 0 Å². The predicted molar refractivity (Wildman–Crippen MR) is 74.3 cm³/mol. The fourth-order valence-electron chi connectivity index (χ4n) is 2.85. The van der Waals surface area contributed by atoms with E-state index in [0.29, 0.717) is 12.6 Å². The van der Waals surface area contributed by atoms with Gasteiger partial charge in [0.25, 0.3) is 0 Å². The van der Waals surface area contributed by atoms with Gasteiger partial charge in [-0.1, -0.05) is 6.07 Å². The van der Waals surface area contributed by atoms with Crippen molar-refractivity contribution < 1.29 is 0 Å². The minimum atomic E-state index is 0.243. The van der Waals surface area contributed by atoms with E-state index < -0.39 is 0 Å². The third-order valence-corrected chi connectivity index (χ3v) is 3.75. The van der Waals surface area contributed by atoms with Crippen molar-refractivity contribution in [1.29, 1.82) is 0 Å². The Morgan fingerprint density at radius 3 is 2.94 bits per heavy atom. The van der Waals surface area contributed by atoms with Gasteiger partial charge in [0, 0.05) is 31.9 Å². The molecule has 0 saturated carbocycles. The van der Waals surface area contributed by atoms with Crippen LogP contribution in [0.3, 0.4) is 0 Å². The van der Waals surface area contributed by atoms with Gasteiger partial charge < -0.3 is 10.6 Å². The first kappa shape index (κ1) is 13.5. The summed E-state index contributed by atoms with van der Waals surface area (Å²) in [6.45, 7) is 6.28. The second-order valence-electron chi connectivity index (χ2n) is 5.21. The molecule has 1 aromatic rings. The van der Waals surface area contributed by atoms with Crippen molar-refractivity contribution in [1.82, 2.24) is 14.8 Å². The summed E-state index contributed by atoms with van der Waals surface area (Å²) in [4.78, 5) is 9.38. The second-order valence-corrected chi connectivity index (χ2v) is 5.21. The summed E-state index contributed by atoms with van der Waals surface area (Å²) >= 11 is 0. The predicted octanol–water partition coefficient (Wildman–Crippen LogP) is 1.11. The van der Waals surface area contributed by atoms with Crippen LogP contribution < -0.4 is 5.73 Å². The van der Waals surface area contributed by atoms with Crippen LogP contribution in [0.4, 0.5) is 0 Å². The van der Waals surface area contributed by atoms with Crippen LogP contribution in [-0.2, 0) is 0 Å². The van der Waals surface area contributed by atoms with Crippen molar-refractivity contribution in [2.75, 3.05) is 33.2 Å². The molecule has 0 aromatic carbocycles. The Morgan fingerprint density at radius 2 is 2.28 bits per heavy atom. The number of rotatable bonds is 3. The Labute approximate surface area is 110 Å². The molecular formula is C14H24N4. The molecule has 18 heavy (non-hydrogen) atoms.